The van der Waals surface area contributed by atoms with E-state index in [1.165, 1.54) is 11.1 Å². The molecule has 2 fully saturated rings. The summed E-state index contributed by atoms with van der Waals surface area (Å²) < 4.78 is 5.52. The summed E-state index contributed by atoms with van der Waals surface area (Å²) >= 11 is 0. The van der Waals surface area contributed by atoms with Crippen LogP contribution in [0.2, 0.25) is 0 Å². The molecule has 1 amide bonds. The van der Waals surface area contributed by atoms with Crippen molar-refractivity contribution >= 4 is 11.9 Å². The van der Waals surface area contributed by atoms with Gasteiger partial charge in [-0.1, -0.05) is 29.8 Å². The maximum atomic E-state index is 12.4. The normalized spacial score (nSPS) is 21.5. The van der Waals surface area contributed by atoms with Gasteiger partial charge in [-0.2, -0.15) is 0 Å². The molecule has 25 heavy (non-hydrogen) atoms. The zero-order valence-corrected chi connectivity index (χ0v) is 15.2. The van der Waals surface area contributed by atoms with Crippen molar-refractivity contribution in [3.8, 4) is 0 Å². The van der Waals surface area contributed by atoms with Gasteiger partial charge < -0.3 is 19.9 Å². The van der Waals surface area contributed by atoms with Crippen molar-refractivity contribution in [2.45, 2.75) is 32.4 Å². The van der Waals surface area contributed by atoms with E-state index < -0.39 is 0 Å². The molecule has 6 heteroatoms. The second-order valence-corrected chi connectivity index (χ2v) is 6.70. The van der Waals surface area contributed by atoms with Gasteiger partial charge in [0.15, 0.2) is 5.96 Å². The van der Waals surface area contributed by atoms with Crippen LogP contribution in [0.25, 0.3) is 0 Å². The van der Waals surface area contributed by atoms with Crippen LogP contribution in [0, 0.1) is 6.92 Å². The number of hydrogen-bond donors (Lipinski definition) is 1. The molecule has 2 aliphatic rings. The summed E-state index contributed by atoms with van der Waals surface area (Å²) in [5, 5.41) is 3.42. The Kier molecular flexibility index (Phi) is 5.91. The number of ether oxygens (including phenoxy) is 1. The van der Waals surface area contributed by atoms with Gasteiger partial charge in [-0.25, -0.2) is 0 Å². The third-order valence-electron chi connectivity index (χ3n) is 4.88. The zero-order valence-electron chi connectivity index (χ0n) is 15.2. The Morgan fingerprint density at radius 2 is 1.88 bits per heavy atom. The first kappa shape index (κ1) is 17.7. The minimum atomic E-state index is -0.217. The predicted molar refractivity (Wildman–Crippen MR) is 98.5 cm³/mol. The molecule has 3 rings (SSSR count). The Bertz CT molecular complexity index is 600. The molecule has 136 valence electrons. The highest BCUT2D eigenvalue weighted by molar-refractivity contribution is 5.82. The molecule has 1 aromatic rings. The van der Waals surface area contributed by atoms with Crippen molar-refractivity contribution in [2.75, 3.05) is 39.8 Å². The first-order valence-electron chi connectivity index (χ1n) is 9.09. The summed E-state index contributed by atoms with van der Waals surface area (Å²) in [5.74, 6) is 1.05. The SMILES string of the molecule is CN=C(NCc1ccc(C)cc1)N1CCN(C(=O)C2CCCO2)CC1. The molecule has 2 heterocycles. The van der Waals surface area contributed by atoms with Gasteiger partial charge in [0.2, 0.25) is 0 Å². The highest BCUT2D eigenvalue weighted by atomic mass is 16.5. The first-order chi connectivity index (χ1) is 12.2. The molecule has 1 unspecified atom stereocenters. The number of nitrogens with zero attached hydrogens (tertiary/aromatic N) is 3. The van der Waals surface area contributed by atoms with Crippen LogP contribution in [0.1, 0.15) is 24.0 Å². The van der Waals surface area contributed by atoms with Crippen molar-refractivity contribution < 1.29 is 9.53 Å². The van der Waals surface area contributed by atoms with Gasteiger partial charge >= 0.3 is 0 Å². The molecular weight excluding hydrogens is 316 g/mol. The highest BCUT2D eigenvalue weighted by Gasteiger charge is 2.30. The van der Waals surface area contributed by atoms with Gasteiger partial charge in [0.1, 0.15) is 6.10 Å². The Hall–Kier alpha value is -2.08. The van der Waals surface area contributed by atoms with E-state index in [1.807, 2.05) is 4.90 Å². The lowest BCUT2D eigenvalue weighted by Crippen LogP contribution is -2.55. The molecule has 6 nitrogen and oxygen atoms in total. The fraction of sp³-hybridized carbons (Fsp3) is 0.579. The number of piperazine rings is 1. The number of benzene rings is 1. The van der Waals surface area contributed by atoms with Crippen molar-refractivity contribution in [3.05, 3.63) is 35.4 Å². The third kappa shape index (κ3) is 4.51. The summed E-state index contributed by atoms with van der Waals surface area (Å²) in [7, 11) is 1.81. The summed E-state index contributed by atoms with van der Waals surface area (Å²) in [4.78, 5) is 21.0. The van der Waals surface area contributed by atoms with Gasteiger partial charge in [0.05, 0.1) is 0 Å². The molecule has 0 spiro atoms. The average Bonchev–Trinajstić information content (AvgIpc) is 3.18. The summed E-state index contributed by atoms with van der Waals surface area (Å²) in [6.07, 6.45) is 1.63. The minimum absolute atomic E-state index is 0.153. The fourth-order valence-electron chi connectivity index (χ4n) is 3.33. The van der Waals surface area contributed by atoms with E-state index in [0.717, 1.165) is 51.5 Å². The Labute approximate surface area is 149 Å². The van der Waals surface area contributed by atoms with Gasteiger partial charge in [-0.15, -0.1) is 0 Å². The van der Waals surface area contributed by atoms with Crippen LogP contribution in [0.4, 0.5) is 0 Å². The largest absolute Gasteiger partial charge is 0.368 e. The van der Waals surface area contributed by atoms with Gasteiger partial charge in [0, 0.05) is 46.4 Å². The Morgan fingerprint density at radius 1 is 1.20 bits per heavy atom. The van der Waals surface area contributed by atoms with Gasteiger partial charge in [-0.05, 0) is 25.3 Å². The summed E-state index contributed by atoms with van der Waals surface area (Å²) in [6, 6.07) is 8.51. The quantitative estimate of drug-likeness (QED) is 0.665. The first-order valence-corrected chi connectivity index (χ1v) is 9.09. The molecule has 0 saturated carbocycles. The van der Waals surface area contributed by atoms with Crippen molar-refractivity contribution in [1.82, 2.24) is 15.1 Å². The number of carbonyl (C=O) groups is 1. The summed E-state index contributed by atoms with van der Waals surface area (Å²) in [6.45, 7) is 6.60. The molecule has 0 bridgehead atoms. The predicted octanol–water partition coefficient (Wildman–Crippen LogP) is 1.39. The van der Waals surface area contributed by atoms with Crippen molar-refractivity contribution in [1.29, 1.82) is 0 Å². The Balaban J connectivity index is 1.48. The van der Waals surface area contributed by atoms with E-state index in [-0.39, 0.29) is 12.0 Å². The maximum Gasteiger partial charge on any atom is 0.251 e. The van der Waals surface area contributed by atoms with E-state index in [0.29, 0.717) is 6.61 Å². The average molecular weight is 344 g/mol. The number of nitrogens with one attached hydrogen (secondary N) is 1. The van der Waals surface area contributed by atoms with Crippen LogP contribution in [-0.2, 0) is 16.1 Å². The number of guanidine groups is 1. The van der Waals surface area contributed by atoms with Crippen LogP contribution in [-0.4, -0.2) is 67.6 Å². The van der Waals surface area contributed by atoms with Crippen LogP contribution in [0.3, 0.4) is 0 Å². The number of hydrogen-bond acceptors (Lipinski definition) is 3. The monoisotopic (exact) mass is 344 g/mol. The molecular formula is C19H28N4O2. The van der Waals surface area contributed by atoms with Crippen LogP contribution >= 0.6 is 0 Å². The second-order valence-electron chi connectivity index (χ2n) is 6.70. The van der Waals surface area contributed by atoms with Crippen LogP contribution in [0.15, 0.2) is 29.3 Å². The topological polar surface area (TPSA) is 57.2 Å². The number of aryl methyl sites for hydroxylation is 1. The van der Waals surface area contributed by atoms with E-state index in [9.17, 15) is 4.79 Å². The molecule has 0 aliphatic carbocycles. The highest BCUT2D eigenvalue weighted by Crippen LogP contribution is 2.16. The molecule has 2 aliphatic heterocycles. The van der Waals surface area contributed by atoms with E-state index in [1.54, 1.807) is 7.05 Å². The van der Waals surface area contributed by atoms with E-state index >= 15 is 0 Å². The Morgan fingerprint density at radius 3 is 2.48 bits per heavy atom. The minimum Gasteiger partial charge on any atom is -0.368 e. The molecule has 2 saturated heterocycles. The van der Waals surface area contributed by atoms with E-state index in [2.05, 4.69) is 46.4 Å². The van der Waals surface area contributed by atoms with Crippen LogP contribution < -0.4 is 5.32 Å². The molecule has 0 aromatic heterocycles. The second kappa shape index (κ2) is 8.34. The summed E-state index contributed by atoms with van der Waals surface area (Å²) in [5.41, 5.74) is 2.50. The number of carbonyl (C=O) groups excluding carboxylic acids is 1. The number of aliphatic imine (C=N–C) groups is 1. The number of rotatable bonds is 3. The molecule has 1 N–H and O–H groups in total. The lowest BCUT2D eigenvalue weighted by molar-refractivity contribution is -0.142. The number of amides is 1. The van der Waals surface area contributed by atoms with Gasteiger partial charge in [-0.3, -0.25) is 9.79 Å². The van der Waals surface area contributed by atoms with Crippen LogP contribution in [0.5, 0.6) is 0 Å². The smallest absolute Gasteiger partial charge is 0.251 e. The molecule has 1 atom stereocenters. The molecule has 0 radical (unpaired) electrons. The molecule has 1 aromatic carbocycles. The zero-order chi connectivity index (χ0) is 17.6. The van der Waals surface area contributed by atoms with Crippen molar-refractivity contribution in [2.24, 2.45) is 4.99 Å². The van der Waals surface area contributed by atoms with Gasteiger partial charge in [0.25, 0.3) is 5.91 Å². The fourth-order valence-corrected chi connectivity index (χ4v) is 3.33. The van der Waals surface area contributed by atoms with E-state index in [4.69, 9.17) is 4.74 Å². The maximum absolute atomic E-state index is 12.4. The van der Waals surface area contributed by atoms with Crippen molar-refractivity contribution in [3.63, 3.8) is 0 Å². The lowest BCUT2D eigenvalue weighted by atomic mass is 10.1. The third-order valence-corrected chi connectivity index (χ3v) is 4.88. The standard InChI is InChI=1S/C19H28N4O2/c1-15-5-7-16(8-6-15)14-21-19(20-2)23-11-9-22(10-12-23)18(24)17-4-3-13-25-17/h5-8,17H,3-4,9-14H2,1-2H3,(H,20,21). The lowest BCUT2D eigenvalue weighted by Gasteiger charge is -2.37.